The first-order chi connectivity index (χ1) is 9.71. The fraction of sp³-hybridized carbons (Fsp3) is 0.500. The van der Waals surface area contributed by atoms with Gasteiger partial charge in [0.25, 0.3) is 0 Å². The fourth-order valence-corrected chi connectivity index (χ4v) is 2.10. The third kappa shape index (κ3) is 2.80. The maximum atomic E-state index is 11.8. The quantitative estimate of drug-likeness (QED) is 0.796. The Balaban J connectivity index is 2.12. The number of methoxy groups -OCH3 is 3. The summed E-state index contributed by atoms with van der Waals surface area (Å²) >= 11 is 0. The number of benzene rings is 1. The van der Waals surface area contributed by atoms with Crippen molar-refractivity contribution in [3.63, 3.8) is 0 Å². The summed E-state index contributed by atoms with van der Waals surface area (Å²) in [5, 5.41) is 5.98. The lowest BCUT2D eigenvalue weighted by molar-refractivity contribution is -0.126. The minimum Gasteiger partial charge on any atom is -0.493 e. The van der Waals surface area contributed by atoms with E-state index < -0.39 is 0 Å². The molecule has 0 unspecified atom stereocenters. The molecule has 1 amide bonds. The molecule has 1 fully saturated rings. The second-order valence-corrected chi connectivity index (χ2v) is 4.57. The van der Waals surface area contributed by atoms with Gasteiger partial charge in [0.05, 0.1) is 27.2 Å². The number of hydrogen-bond donors (Lipinski definition) is 2. The Hall–Kier alpha value is -1.95. The highest BCUT2D eigenvalue weighted by Gasteiger charge is 2.25. The van der Waals surface area contributed by atoms with Crippen LogP contribution in [0.2, 0.25) is 0 Å². The third-order valence-corrected chi connectivity index (χ3v) is 3.39. The molecule has 1 heterocycles. The van der Waals surface area contributed by atoms with Crippen LogP contribution in [0.3, 0.4) is 0 Å². The number of nitrogens with one attached hydrogen (secondary N) is 2. The van der Waals surface area contributed by atoms with Crippen LogP contribution in [0.25, 0.3) is 0 Å². The van der Waals surface area contributed by atoms with Crippen molar-refractivity contribution >= 4 is 5.91 Å². The molecule has 0 radical (unpaired) electrons. The summed E-state index contributed by atoms with van der Waals surface area (Å²) in [6.45, 7) is 1.89. The highest BCUT2D eigenvalue weighted by molar-refractivity contribution is 5.80. The minimum atomic E-state index is 0.0561. The van der Waals surface area contributed by atoms with E-state index in [4.69, 9.17) is 14.2 Å². The van der Waals surface area contributed by atoms with Crippen molar-refractivity contribution in [2.75, 3.05) is 34.4 Å². The van der Waals surface area contributed by atoms with E-state index in [-0.39, 0.29) is 11.8 Å². The van der Waals surface area contributed by atoms with Crippen LogP contribution in [0.15, 0.2) is 12.1 Å². The van der Waals surface area contributed by atoms with Gasteiger partial charge in [-0.1, -0.05) is 0 Å². The molecule has 110 valence electrons. The predicted octanol–water partition coefficient (Wildman–Crippen LogP) is 0.548. The molecule has 2 rings (SSSR count). The zero-order valence-corrected chi connectivity index (χ0v) is 12.0. The van der Waals surface area contributed by atoms with Crippen LogP contribution < -0.4 is 24.8 Å². The first kappa shape index (κ1) is 14.5. The molecule has 1 aliphatic heterocycles. The molecule has 20 heavy (non-hydrogen) atoms. The summed E-state index contributed by atoms with van der Waals surface area (Å²) in [6.07, 6.45) is 0. The Morgan fingerprint density at radius 1 is 1.20 bits per heavy atom. The molecule has 6 nitrogen and oxygen atoms in total. The van der Waals surface area contributed by atoms with Gasteiger partial charge < -0.3 is 24.8 Å². The third-order valence-electron chi connectivity index (χ3n) is 3.39. The van der Waals surface area contributed by atoms with E-state index in [1.54, 1.807) is 27.4 Å². The number of ether oxygens (including phenoxy) is 3. The molecule has 1 saturated heterocycles. The van der Waals surface area contributed by atoms with Gasteiger partial charge in [-0.15, -0.1) is 0 Å². The van der Waals surface area contributed by atoms with Crippen LogP contribution in [-0.2, 0) is 11.3 Å². The molecule has 1 aliphatic rings. The van der Waals surface area contributed by atoms with Crippen LogP contribution in [0.5, 0.6) is 17.2 Å². The van der Waals surface area contributed by atoms with Crippen molar-refractivity contribution in [1.29, 1.82) is 0 Å². The van der Waals surface area contributed by atoms with Gasteiger partial charge >= 0.3 is 0 Å². The maximum absolute atomic E-state index is 11.8. The van der Waals surface area contributed by atoms with Crippen molar-refractivity contribution in [1.82, 2.24) is 10.6 Å². The van der Waals surface area contributed by atoms with Crippen LogP contribution in [-0.4, -0.2) is 40.3 Å². The van der Waals surface area contributed by atoms with Crippen molar-refractivity contribution < 1.29 is 19.0 Å². The summed E-state index contributed by atoms with van der Waals surface area (Å²) in [5.74, 6) is 1.84. The number of rotatable bonds is 6. The van der Waals surface area contributed by atoms with Crippen LogP contribution in [0.4, 0.5) is 0 Å². The number of carbonyl (C=O) groups is 1. The Morgan fingerprint density at radius 2 is 1.90 bits per heavy atom. The fourth-order valence-electron chi connectivity index (χ4n) is 2.10. The minimum absolute atomic E-state index is 0.0561. The van der Waals surface area contributed by atoms with Gasteiger partial charge in [-0.3, -0.25) is 4.79 Å². The Kier molecular flexibility index (Phi) is 4.68. The molecular formula is C14H20N2O4. The van der Waals surface area contributed by atoms with E-state index in [9.17, 15) is 4.79 Å². The van der Waals surface area contributed by atoms with Crippen molar-refractivity contribution in [3.05, 3.63) is 17.7 Å². The van der Waals surface area contributed by atoms with E-state index in [1.165, 1.54) is 0 Å². The van der Waals surface area contributed by atoms with E-state index >= 15 is 0 Å². The lowest BCUT2D eigenvalue weighted by Gasteiger charge is -2.26. The van der Waals surface area contributed by atoms with E-state index in [1.807, 2.05) is 6.07 Å². The molecule has 0 aromatic heterocycles. The summed E-state index contributed by atoms with van der Waals surface area (Å²) in [6, 6.07) is 3.66. The first-order valence-electron chi connectivity index (χ1n) is 6.47. The normalized spacial score (nSPS) is 14.3. The zero-order valence-electron chi connectivity index (χ0n) is 12.0. The molecule has 0 bridgehead atoms. The van der Waals surface area contributed by atoms with Crippen molar-refractivity contribution in [3.8, 4) is 17.2 Å². The van der Waals surface area contributed by atoms with Gasteiger partial charge in [0.15, 0.2) is 11.5 Å². The Labute approximate surface area is 118 Å². The van der Waals surface area contributed by atoms with Gasteiger partial charge in [0.2, 0.25) is 11.7 Å². The molecule has 2 N–H and O–H groups in total. The van der Waals surface area contributed by atoms with Gasteiger partial charge in [-0.05, 0) is 12.1 Å². The van der Waals surface area contributed by atoms with Crippen LogP contribution in [0, 0.1) is 5.92 Å². The molecule has 6 heteroatoms. The lowest BCUT2D eigenvalue weighted by Crippen LogP contribution is -2.50. The second-order valence-electron chi connectivity index (χ2n) is 4.57. The molecule has 0 atom stereocenters. The van der Waals surface area contributed by atoms with Crippen LogP contribution >= 0.6 is 0 Å². The van der Waals surface area contributed by atoms with E-state index in [0.29, 0.717) is 23.8 Å². The molecule has 0 saturated carbocycles. The Bertz CT molecular complexity index is 486. The van der Waals surface area contributed by atoms with Gasteiger partial charge in [0, 0.05) is 25.2 Å². The largest absolute Gasteiger partial charge is 0.493 e. The zero-order chi connectivity index (χ0) is 14.5. The topological polar surface area (TPSA) is 68.8 Å². The van der Waals surface area contributed by atoms with Gasteiger partial charge in [-0.2, -0.15) is 0 Å². The number of hydrogen-bond acceptors (Lipinski definition) is 5. The van der Waals surface area contributed by atoms with E-state index in [2.05, 4.69) is 10.6 Å². The summed E-state index contributed by atoms with van der Waals surface area (Å²) < 4.78 is 15.9. The number of amides is 1. The average Bonchev–Trinajstić information content (AvgIpc) is 2.41. The molecule has 1 aromatic rings. The highest BCUT2D eigenvalue weighted by atomic mass is 16.5. The lowest BCUT2D eigenvalue weighted by atomic mass is 10.0. The maximum Gasteiger partial charge on any atom is 0.225 e. The molecule has 1 aromatic carbocycles. The van der Waals surface area contributed by atoms with Crippen molar-refractivity contribution in [2.45, 2.75) is 6.54 Å². The molecular weight excluding hydrogens is 260 g/mol. The molecule has 0 aliphatic carbocycles. The highest BCUT2D eigenvalue weighted by Crippen LogP contribution is 2.39. The molecule has 0 spiro atoms. The Morgan fingerprint density at radius 3 is 2.40 bits per heavy atom. The van der Waals surface area contributed by atoms with Crippen LogP contribution in [0.1, 0.15) is 5.56 Å². The monoisotopic (exact) mass is 280 g/mol. The smallest absolute Gasteiger partial charge is 0.225 e. The predicted molar refractivity (Wildman–Crippen MR) is 74.3 cm³/mol. The SMILES string of the molecule is COc1ccc(CNC(=O)C2CNC2)c(OC)c1OC. The standard InChI is InChI=1S/C14H20N2O4/c1-18-11-5-4-9(12(19-2)13(11)20-3)8-16-14(17)10-6-15-7-10/h4-5,10,15H,6-8H2,1-3H3,(H,16,17). The van der Waals surface area contributed by atoms with Gasteiger partial charge in [-0.25, -0.2) is 0 Å². The first-order valence-corrected chi connectivity index (χ1v) is 6.47. The summed E-state index contributed by atoms with van der Waals surface area (Å²) in [7, 11) is 4.70. The summed E-state index contributed by atoms with van der Waals surface area (Å²) in [4.78, 5) is 11.8. The second kappa shape index (κ2) is 6.47. The van der Waals surface area contributed by atoms with E-state index in [0.717, 1.165) is 18.7 Å². The average molecular weight is 280 g/mol. The van der Waals surface area contributed by atoms with Gasteiger partial charge in [0.1, 0.15) is 0 Å². The number of carbonyl (C=O) groups excluding carboxylic acids is 1. The summed E-state index contributed by atoms with van der Waals surface area (Å²) in [5.41, 5.74) is 0.853. The van der Waals surface area contributed by atoms with Crippen molar-refractivity contribution in [2.24, 2.45) is 5.92 Å².